The van der Waals surface area contributed by atoms with Crippen LogP contribution in [0.1, 0.15) is 28.3 Å². The fraction of sp³-hybridized carbons (Fsp3) is 0.250. The van der Waals surface area contributed by atoms with Gasteiger partial charge in [0.15, 0.2) is 0 Å². The first-order valence-corrected chi connectivity index (χ1v) is 6.49. The van der Waals surface area contributed by atoms with E-state index in [1.165, 1.54) is 18.2 Å². The molecule has 0 aliphatic carbocycles. The number of hydrazine groups is 1. The number of hydrogen-bond donors (Lipinski definition) is 2. The number of aryl methyl sites for hydroxylation is 2. The first kappa shape index (κ1) is 14.6. The predicted octanol–water partition coefficient (Wildman–Crippen LogP) is 3.33. The van der Waals surface area contributed by atoms with E-state index in [1.807, 2.05) is 32.0 Å². The first-order chi connectivity index (χ1) is 9.52. The lowest BCUT2D eigenvalue weighted by Crippen LogP contribution is -2.31. The average Bonchev–Trinajstić information content (AvgIpc) is 2.41. The zero-order valence-electron chi connectivity index (χ0n) is 11.6. The van der Waals surface area contributed by atoms with Crippen LogP contribution in [0.15, 0.2) is 36.4 Å². The molecule has 0 aliphatic heterocycles. The van der Waals surface area contributed by atoms with Crippen LogP contribution in [-0.4, -0.2) is 0 Å². The van der Waals surface area contributed by atoms with Crippen LogP contribution in [0.5, 0.6) is 0 Å². The van der Waals surface area contributed by atoms with E-state index in [-0.39, 0.29) is 5.56 Å². The molecule has 0 fully saturated rings. The summed E-state index contributed by atoms with van der Waals surface area (Å²) >= 11 is 0. The number of rotatable bonds is 4. The summed E-state index contributed by atoms with van der Waals surface area (Å²) in [6.45, 7) is 3.96. The van der Waals surface area contributed by atoms with Gasteiger partial charge in [-0.05, 0) is 43.5 Å². The van der Waals surface area contributed by atoms with E-state index in [4.69, 9.17) is 5.84 Å². The van der Waals surface area contributed by atoms with Crippen molar-refractivity contribution in [3.05, 3.63) is 70.3 Å². The van der Waals surface area contributed by atoms with Crippen molar-refractivity contribution < 1.29 is 8.78 Å². The van der Waals surface area contributed by atoms with Crippen LogP contribution in [0.25, 0.3) is 0 Å². The summed E-state index contributed by atoms with van der Waals surface area (Å²) in [5.41, 5.74) is 5.70. The fourth-order valence-corrected chi connectivity index (χ4v) is 2.33. The largest absolute Gasteiger partial charge is 0.271 e. The highest BCUT2D eigenvalue weighted by atomic mass is 19.1. The molecule has 0 aromatic heterocycles. The normalized spacial score (nSPS) is 12.4. The van der Waals surface area contributed by atoms with Crippen molar-refractivity contribution in [2.45, 2.75) is 26.3 Å². The van der Waals surface area contributed by atoms with E-state index in [2.05, 4.69) is 5.43 Å². The molecule has 4 heteroatoms. The van der Waals surface area contributed by atoms with Crippen LogP contribution in [0.2, 0.25) is 0 Å². The Kier molecular flexibility index (Phi) is 4.47. The number of halogens is 2. The lowest BCUT2D eigenvalue weighted by atomic mass is 9.94. The lowest BCUT2D eigenvalue weighted by molar-refractivity contribution is 0.472. The molecule has 106 valence electrons. The topological polar surface area (TPSA) is 38.0 Å². The van der Waals surface area contributed by atoms with Gasteiger partial charge in [-0.15, -0.1) is 0 Å². The van der Waals surface area contributed by atoms with Crippen LogP contribution in [0, 0.1) is 25.5 Å². The second kappa shape index (κ2) is 6.11. The van der Waals surface area contributed by atoms with Gasteiger partial charge in [0.1, 0.15) is 11.6 Å². The third-order valence-corrected chi connectivity index (χ3v) is 3.48. The van der Waals surface area contributed by atoms with Gasteiger partial charge in [-0.1, -0.05) is 29.8 Å². The van der Waals surface area contributed by atoms with Crippen molar-refractivity contribution in [3.8, 4) is 0 Å². The minimum Gasteiger partial charge on any atom is -0.271 e. The molecule has 2 aromatic rings. The molecule has 0 saturated carbocycles. The quantitative estimate of drug-likeness (QED) is 0.664. The van der Waals surface area contributed by atoms with Gasteiger partial charge in [-0.3, -0.25) is 11.3 Å². The molecule has 0 bridgehead atoms. The molecule has 1 atom stereocenters. The van der Waals surface area contributed by atoms with Crippen LogP contribution in [0.4, 0.5) is 8.78 Å². The molecule has 2 aromatic carbocycles. The average molecular weight is 276 g/mol. The minimum atomic E-state index is -0.600. The summed E-state index contributed by atoms with van der Waals surface area (Å²) in [6, 6.07) is 9.25. The lowest BCUT2D eigenvalue weighted by Gasteiger charge is -2.19. The smallest absolute Gasteiger partial charge is 0.130 e. The van der Waals surface area contributed by atoms with Gasteiger partial charge in [0.2, 0.25) is 0 Å². The van der Waals surface area contributed by atoms with E-state index in [0.29, 0.717) is 6.42 Å². The molecule has 0 radical (unpaired) electrons. The zero-order chi connectivity index (χ0) is 14.7. The Morgan fingerprint density at radius 3 is 2.35 bits per heavy atom. The molecular weight excluding hydrogens is 258 g/mol. The van der Waals surface area contributed by atoms with E-state index in [0.717, 1.165) is 16.7 Å². The molecule has 20 heavy (non-hydrogen) atoms. The molecular formula is C16H18F2N2. The third kappa shape index (κ3) is 3.03. The molecule has 2 nitrogen and oxygen atoms in total. The van der Waals surface area contributed by atoms with Crippen molar-refractivity contribution in [3.63, 3.8) is 0 Å². The fourth-order valence-electron chi connectivity index (χ4n) is 2.33. The molecule has 0 saturated heterocycles. The third-order valence-electron chi connectivity index (χ3n) is 3.48. The Morgan fingerprint density at radius 2 is 1.75 bits per heavy atom. The Balaban J connectivity index is 2.36. The van der Waals surface area contributed by atoms with Crippen molar-refractivity contribution >= 4 is 0 Å². The molecule has 0 spiro atoms. The standard InChI is InChI=1S/C16H18F2N2/c1-10-6-7-11(2)12(8-10)9-15(20-19)16-13(17)4-3-5-14(16)18/h3-8,15,20H,9,19H2,1-2H3. The maximum Gasteiger partial charge on any atom is 0.130 e. The number of hydrogen-bond acceptors (Lipinski definition) is 2. The van der Waals surface area contributed by atoms with Crippen LogP contribution >= 0.6 is 0 Å². The maximum absolute atomic E-state index is 13.8. The number of nitrogens with one attached hydrogen (secondary N) is 1. The maximum atomic E-state index is 13.8. The van der Waals surface area contributed by atoms with E-state index >= 15 is 0 Å². The summed E-state index contributed by atoms with van der Waals surface area (Å²) < 4.78 is 27.7. The summed E-state index contributed by atoms with van der Waals surface area (Å²) in [7, 11) is 0. The summed E-state index contributed by atoms with van der Waals surface area (Å²) in [5.74, 6) is 4.33. The van der Waals surface area contributed by atoms with Gasteiger partial charge in [0.05, 0.1) is 6.04 Å². The molecule has 0 aliphatic rings. The molecule has 2 rings (SSSR count). The monoisotopic (exact) mass is 276 g/mol. The van der Waals surface area contributed by atoms with Gasteiger partial charge in [0.25, 0.3) is 0 Å². The van der Waals surface area contributed by atoms with Crippen molar-refractivity contribution in [1.29, 1.82) is 0 Å². The van der Waals surface area contributed by atoms with Crippen molar-refractivity contribution in [1.82, 2.24) is 5.43 Å². The zero-order valence-corrected chi connectivity index (χ0v) is 11.6. The second-order valence-corrected chi connectivity index (χ2v) is 4.99. The van der Waals surface area contributed by atoms with Gasteiger partial charge in [-0.25, -0.2) is 8.78 Å². The molecule has 3 N–H and O–H groups in total. The highest BCUT2D eigenvalue weighted by Gasteiger charge is 2.20. The highest BCUT2D eigenvalue weighted by Crippen LogP contribution is 2.25. The predicted molar refractivity (Wildman–Crippen MR) is 76.0 cm³/mol. The van der Waals surface area contributed by atoms with Gasteiger partial charge in [-0.2, -0.15) is 0 Å². The highest BCUT2D eigenvalue weighted by molar-refractivity contribution is 5.33. The first-order valence-electron chi connectivity index (χ1n) is 6.49. The summed E-state index contributed by atoms with van der Waals surface area (Å²) in [4.78, 5) is 0. The number of benzene rings is 2. The SMILES string of the molecule is Cc1ccc(C)c(CC(NN)c2c(F)cccc2F)c1. The number of nitrogens with two attached hydrogens (primary N) is 1. The molecule has 1 unspecified atom stereocenters. The minimum absolute atomic E-state index is 0.0177. The molecule has 0 heterocycles. The van der Waals surface area contributed by atoms with E-state index < -0.39 is 17.7 Å². The van der Waals surface area contributed by atoms with E-state index in [1.54, 1.807) is 0 Å². The summed E-state index contributed by atoms with van der Waals surface area (Å²) in [6.07, 6.45) is 0.432. The van der Waals surface area contributed by atoms with E-state index in [9.17, 15) is 8.78 Å². The Labute approximate surface area is 117 Å². The summed E-state index contributed by atoms with van der Waals surface area (Å²) in [5, 5.41) is 0. The molecule has 0 amide bonds. The Hall–Kier alpha value is -1.78. The van der Waals surface area contributed by atoms with Crippen LogP contribution in [0.3, 0.4) is 0 Å². The van der Waals surface area contributed by atoms with Crippen LogP contribution < -0.4 is 11.3 Å². The van der Waals surface area contributed by atoms with Gasteiger partial charge < -0.3 is 0 Å². The Bertz CT molecular complexity index is 591. The van der Waals surface area contributed by atoms with Gasteiger partial charge >= 0.3 is 0 Å². The van der Waals surface area contributed by atoms with Gasteiger partial charge in [0, 0.05) is 5.56 Å². The second-order valence-electron chi connectivity index (χ2n) is 4.99. The van der Waals surface area contributed by atoms with Crippen molar-refractivity contribution in [2.75, 3.05) is 0 Å². The Morgan fingerprint density at radius 1 is 1.10 bits per heavy atom. The van der Waals surface area contributed by atoms with Crippen LogP contribution in [-0.2, 0) is 6.42 Å². The van der Waals surface area contributed by atoms with Crippen molar-refractivity contribution in [2.24, 2.45) is 5.84 Å².